The number of aromatic nitrogens is 4. The molecule has 0 N–H and O–H groups in total. The van der Waals surface area contributed by atoms with E-state index in [0.717, 1.165) is 54.9 Å². The summed E-state index contributed by atoms with van der Waals surface area (Å²) in [6.07, 6.45) is 2.78. The highest BCUT2D eigenvalue weighted by molar-refractivity contribution is 7.11. The van der Waals surface area contributed by atoms with Gasteiger partial charge in [-0.1, -0.05) is 0 Å². The molecule has 1 amide bonds. The van der Waals surface area contributed by atoms with Crippen LogP contribution in [0.2, 0.25) is 0 Å². The minimum absolute atomic E-state index is 0.0872. The Balaban J connectivity index is 1.62. The van der Waals surface area contributed by atoms with Crippen LogP contribution < -0.4 is 0 Å². The van der Waals surface area contributed by atoms with Crippen molar-refractivity contribution in [3.8, 4) is 0 Å². The van der Waals surface area contributed by atoms with Crippen molar-refractivity contribution in [1.82, 2.24) is 29.8 Å². The third kappa shape index (κ3) is 3.76. The highest BCUT2D eigenvalue weighted by Gasteiger charge is 2.23. The molecule has 7 nitrogen and oxygen atoms in total. The Bertz CT molecular complexity index is 694. The number of carbonyl (C=O) groups excluding carboxylic acids is 1. The molecular formula is C15H22N6OS. The minimum Gasteiger partial charge on any atom is -0.337 e. The molecule has 0 spiro atoms. The van der Waals surface area contributed by atoms with E-state index in [1.54, 1.807) is 16.0 Å². The van der Waals surface area contributed by atoms with Crippen LogP contribution in [0.3, 0.4) is 0 Å². The van der Waals surface area contributed by atoms with Gasteiger partial charge in [-0.05, 0) is 20.3 Å². The summed E-state index contributed by atoms with van der Waals surface area (Å²) in [5.41, 5.74) is 1.50. The molecule has 0 saturated carbocycles. The quantitative estimate of drug-likeness (QED) is 0.845. The van der Waals surface area contributed by atoms with Crippen molar-refractivity contribution in [2.24, 2.45) is 7.05 Å². The second kappa shape index (κ2) is 6.76. The van der Waals surface area contributed by atoms with Gasteiger partial charge in [0.2, 0.25) is 0 Å². The molecule has 0 aromatic carbocycles. The molecule has 3 heterocycles. The highest BCUT2D eigenvalue weighted by atomic mass is 32.1. The van der Waals surface area contributed by atoms with Crippen LogP contribution in [0.1, 0.15) is 32.5 Å². The Labute approximate surface area is 139 Å². The van der Waals surface area contributed by atoms with E-state index in [1.807, 2.05) is 32.0 Å². The van der Waals surface area contributed by atoms with Gasteiger partial charge in [0.25, 0.3) is 5.91 Å². The second-order valence-corrected chi connectivity index (χ2v) is 7.20. The first kappa shape index (κ1) is 16.1. The zero-order valence-corrected chi connectivity index (χ0v) is 14.6. The van der Waals surface area contributed by atoms with Crippen LogP contribution in [0.25, 0.3) is 0 Å². The first-order valence-electron chi connectivity index (χ1n) is 7.84. The lowest BCUT2D eigenvalue weighted by molar-refractivity contribution is 0.0760. The average molecular weight is 334 g/mol. The van der Waals surface area contributed by atoms with E-state index in [1.165, 1.54) is 0 Å². The number of amides is 1. The van der Waals surface area contributed by atoms with E-state index in [9.17, 15) is 4.79 Å². The topological polar surface area (TPSA) is 67.2 Å². The number of rotatable bonds is 3. The van der Waals surface area contributed by atoms with Crippen LogP contribution in [-0.2, 0) is 13.6 Å². The number of hydrogen-bond acceptors (Lipinski definition) is 6. The van der Waals surface area contributed by atoms with Gasteiger partial charge < -0.3 is 4.90 Å². The summed E-state index contributed by atoms with van der Waals surface area (Å²) >= 11 is 1.64. The summed E-state index contributed by atoms with van der Waals surface area (Å²) < 4.78 is 1.70. The summed E-state index contributed by atoms with van der Waals surface area (Å²) in [6.45, 7) is 8.05. The van der Waals surface area contributed by atoms with Gasteiger partial charge in [-0.2, -0.15) is 5.10 Å². The number of nitrogens with zero attached hydrogens (tertiary/aromatic N) is 6. The fourth-order valence-electron chi connectivity index (χ4n) is 2.90. The maximum atomic E-state index is 12.7. The Morgan fingerprint density at radius 3 is 2.70 bits per heavy atom. The van der Waals surface area contributed by atoms with Gasteiger partial charge in [0, 0.05) is 39.4 Å². The Hall–Kier alpha value is -1.80. The Morgan fingerprint density at radius 2 is 2.04 bits per heavy atom. The fraction of sp³-hybridized carbons (Fsp3) is 0.600. The van der Waals surface area contributed by atoms with Gasteiger partial charge in [-0.15, -0.1) is 21.5 Å². The van der Waals surface area contributed by atoms with Crippen molar-refractivity contribution in [3.05, 3.63) is 27.5 Å². The molecule has 8 heteroatoms. The van der Waals surface area contributed by atoms with Crippen molar-refractivity contribution >= 4 is 17.2 Å². The largest absolute Gasteiger partial charge is 0.337 e. The summed E-state index contributed by atoms with van der Waals surface area (Å²) in [5, 5.41) is 14.6. The lowest BCUT2D eigenvalue weighted by Crippen LogP contribution is -2.35. The van der Waals surface area contributed by atoms with Crippen LogP contribution in [-0.4, -0.2) is 61.9 Å². The maximum absolute atomic E-state index is 12.7. The lowest BCUT2D eigenvalue weighted by atomic mass is 10.2. The van der Waals surface area contributed by atoms with Crippen LogP contribution in [0.5, 0.6) is 0 Å². The van der Waals surface area contributed by atoms with E-state index in [-0.39, 0.29) is 5.91 Å². The average Bonchev–Trinajstić information content (AvgIpc) is 2.96. The molecule has 2 aromatic heterocycles. The SMILES string of the molecule is Cc1nnc(CN2CCCN(C(=O)c3cn(C)nc3C)CC2)s1. The first-order valence-corrected chi connectivity index (χ1v) is 8.65. The molecule has 1 fully saturated rings. The predicted molar refractivity (Wildman–Crippen MR) is 88.4 cm³/mol. The third-order valence-electron chi connectivity index (χ3n) is 4.05. The van der Waals surface area contributed by atoms with Crippen LogP contribution >= 0.6 is 11.3 Å². The van der Waals surface area contributed by atoms with E-state index < -0.39 is 0 Å². The van der Waals surface area contributed by atoms with Gasteiger partial charge in [0.05, 0.1) is 17.8 Å². The zero-order chi connectivity index (χ0) is 16.4. The van der Waals surface area contributed by atoms with Gasteiger partial charge >= 0.3 is 0 Å². The monoisotopic (exact) mass is 334 g/mol. The molecule has 1 aliphatic rings. The number of carbonyl (C=O) groups is 1. The normalized spacial score (nSPS) is 16.6. The van der Waals surface area contributed by atoms with Crippen LogP contribution in [0.15, 0.2) is 6.20 Å². The van der Waals surface area contributed by atoms with E-state index >= 15 is 0 Å². The number of hydrogen-bond donors (Lipinski definition) is 0. The summed E-state index contributed by atoms with van der Waals surface area (Å²) in [5.74, 6) is 0.0872. The van der Waals surface area contributed by atoms with Gasteiger partial charge in [-0.3, -0.25) is 14.4 Å². The molecule has 0 unspecified atom stereocenters. The molecule has 0 atom stereocenters. The van der Waals surface area contributed by atoms with Crippen molar-refractivity contribution in [3.63, 3.8) is 0 Å². The molecule has 1 saturated heterocycles. The summed E-state index contributed by atoms with van der Waals surface area (Å²) in [6, 6.07) is 0. The summed E-state index contributed by atoms with van der Waals surface area (Å²) in [4.78, 5) is 17.0. The Morgan fingerprint density at radius 1 is 1.22 bits per heavy atom. The van der Waals surface area contributed by atoms with E-state index in [0.29, 0.717) is 5.56 Å². The highest BCUT2D eigenvalue weighted by Crippen LogP contribution is 2.15. The predicted octanol–water partition coefficient (Wildman–Crippen LogP) is 1.24. The minimum atomic E-state index is 0.0872. The van der Waals surface area contributed by atoms with E-state index in [2.05, 4.69) is 20.2 Å². The standard InChI is InChI=1S/C15H22N6OS/c1-11-13(9-19(3)18-11)15(22)21-6-4-5-20(7-8-21)10-14-17-16-12(2)23-14/h9H,4-8,10H2,1-3H3. The molecule has 0 radical (unpaired) electrons. The molecule has 0 bridgehead atoms. The number of aryl methyl sites for hydroxylation is 3. The van der Waals surface area contributed by atoms with Crippen molar-refractivity contribution in [2.75, 3.05) is 26.2 Å². The third-order valence-corrected chi connectivity index (χ3v) is 4.87. The fourth-order valence-corrected chi connectivity index (χ4v) is 3.66. The van der Waals surface area contributed by atoms with Crippen LogP contribution in [0, 0.1) is 13.8 Å². The van der Waals surface area contributed by atoms with Crippen LogP contribution in [0.4, 0.5) is 0 Å². The lowest BCUT2D eigenvalue weighted by Gasteiger charge is -2.21. The van der Waals surface area contributed by atoms with Gasteiger partial charge in [-0.25, -0.2) is 0 Å². The van der Waals surface area contributed by atoms with Crippen molar-refractivity contribution in [1.29, 1.82) is 0 Å². The molecule has 0 aliphatic carbocycles. The molecule has 2 aromatic rings. The molecule has 124 valence electrons. The van der Waals surface area contributed by atoms with Gasteiger partial charge in [0.1, 0.15) is 10.0 Å². The van der Waals surface area contributed by atoms with E-state index in [4.69, 9.17) is 0 Å². The molecular weight excluding hydrogens is 312 g/mol. The maximum Gasteiger partial charge on any atom is 0.257 e. The van der Waals surface area contributed by atoms with Crippen molar-refractivity contribution < 1.29 is 4.79 Å². The Kier molecular flexibility index (Phi) is 4.72. The smallest absolute Gasteiger partial charge is 0.257 e. The molecule has 23 heavy (non-hydrogen) atoms. The first-order chi connectivity index (χ1) is 11.0. The second-order valence-electron chi connectivity index (χ2n) is 5.94. The molecule has 1 aliphatic heterocycles. The zero-order valence-electron chi connectivity index (χ0n) is 13.8. The van der Waals surface area contributed by atoms with Gasteiger partial charge in [0.15, 0.2) is 0 Å². The van der Waals surface area contributed by atoms with Crippen molar-refractivity contribution in [2.45, 2.75) is 26.8 Å². The molecule has 3 rings (SSSR count). The summed E-state index contributed by atoms with van der Waals surface area (Å²) in [7, 11) is 1.85.